The summed E-state index contributed by atoms with van der Waals surface area (Å²) >= 11 is 0. The maximum Gasteiger partial charge on any atom is 0.341 e. The molecule has 122 valence electrons. The van der Waals surface area contributed by atoms with Crippen molar-refractivity contribution in [2.75, 3.05) is 11.9 Å². The minimum atomic E-state index is -0.302. The van der Waals surface area contributed by atoms with Crippen molar-refractivity contribution in [2.45, 2.75) is 52.0 Å². The van der Waals surface area contributed by atoms with E-state index >= 15 is 0 Å². The molecule has 0 radical (unpaired) electrons. The lowest BCUT2D eigenvalue weighted by atomic mass is 10.0. The van der Waals surface area contributed by atoms with E-state index in [9.17, 15) is 4.79 Å². The fourth-order valence-corrected chi connectivity index (χ4v) is 3.36. The molecule has 1 fully saturated rings. The molecule has 0 spiro atoms. The van der Waals surface area contributed by atoms with Gasteiger partial charge < -0.3 is 10.1 Å². The number of aryl methyl sites for hydroxylation is 1. The Kier molecular flexibility index (Phi) is 4.79. The number of anilines is 1. The Bertz CT molecular complexity index is 706. The summed E-state index contributed by atoms with van der Waals surface area (Å²) in [6.45, 7) is 4.32. The zero-order valence-electron chi connectivity index (χ0n) is 13.9. The quantitative estimate of drug-likeness (QED) is 0.835. The Morgan fingerprint density at radius 1 is 1.30 bits per heavy atom. The second-order valence-corrected chi connectivity index (χ2v) is 6.06. The Labute approximate surface area is 137 Å². The first-order chi connectivity index (χ1) is 11.2. The highest BCUT2D eigenvalue weighted by Gasteiger charge is 2.22. The third kappa shape index (κ3) is 3.16. The highest BCUT2D eigenvalue weighted by atomic mass is 16.5. The molecular weight excluding hydrogens is 288 g/mol. The Morgan fingerprint density at radius 3 is 2.78 bits per heavy atom. The van der Waals surface area contributed by atoms with E-state index in [1.165, 1.54) is 18.4 Å². The van der Waals surface area contributed by atoms with Crippen molar-refractivity contribution in [2.24, 2.45) is 0 Å². The second kappa shape index (κ2) is 6.99. The van der Waals surface area contributed by atoms with Crippen LogP contribution in [0.2, 0.25) is 0 Å². The first-order valence-electron chi connectivity index (χ1n) is 8.58. The van der Waals surface area contributed by atoms with Crippen LogP contribution >= 0.6 is 0 Å². The predicted molar refractivity (Wildman–Crippen MR) is 93.0 cm³/mol. The number of esters is 1. The summed E-state index contributed by atoms with van der Waals surface area (Å²) in [5.41, 5.74) is 3.60. The van der Waals surface area contributed by atoms with Gasteiger partial charge in [-0.3, -0.25) is 4.98 Å². The van der Waals surface area contributed by atoms with E-state index < -0.39 is 0 Å². The molecule has 0 amide bonds. The van der Waals surface area contributed by atoms with E-state index in [0.717, 1.165) is 35.9 Å². The highest BCUT2D eigenvalue weighted by molar-refractivity contribution is 6.05. The van der Waals surface area contributed by atoms with Gasteiger partial charge in [0, 0.05) is 17.6 Å². The van der Waals surface area contributed by atoms with Gasteiger partial charge in [0.1, 0.15) is 5.56 Å². The standard InChI is InChI=1S/C19H24N2O2/c1-3-13-8-7-11-15-17(13)20-12-16(19(22)23-4-2)18(15)21-14-9-5-6-10-14/h7-8,11-12,14H,3-6,9-10H2,1-2H3,(H,20,21). The number of hydrogen-bond acceptors (Lipinski definition) is 4. The van der Waals surface area contributed by atoms with Crippen molar-refractivity contribution in [3.05, 3.63) is 35.5 Å². The van der Waals surface area contributed by atoms with Gasteiger partial charge in [-0.05, 0) is 31.7 Å². The van der Waals surface area contributed by atoms with Gasteiger partial charge in [0.2, 0.25) is 0 Å². The van der Waals surface area contributed by atoms with Crippen LogP contribution in [0.3, 0.4) is 0 Å². The second-order valence-electron chi connectivity index (χ2n) is 6.06. The molecule has 2 aromatic rings. The third-order valence-corrected chi connectivity index (χ3v) is 4.56. The van der Waals surface area contributed by atoms with Crippen LogP contribution < -0.4 is 5.32 Å². The maximum absolute atomic E-state index is 12.3. The topological polar surface area (TPSA) is 51.2 Å². The monoisotopic (exact) mass is 312 g/mol. The molecule has 1 aliphatic rings. The van der Waals surface area contributed by atoms with Crippen molar-refractivity contribution in [3.63, 3.8) is 0 Å². The molecule has 0 aliphatic heterocycles. The van der Waals surface area contributed by atoms with Gasteiger partial charge in [0.25, 0.3) is 0 Å². The van der Waals surface area contributed by atoms with E-state index in [4.69, 9.17) is 4.74 Å². The van der Waals surface area contributed by atoms with Crippen LogP contribution in [-0.2, 0) is 11.2 Å². The fourth-order valence-electron chi connectivity index (χ4n) is 3.36. The molecule has 1 aromatic carbocycles. The van der Waals surface area contributed by atoms with Crippen LogP contribution in [0.4, 0.5) is 5.69 Å². The maximum atomic E-state index is 12.3. The molecule has 1 heterocycles. The van der Waals surface area contributed by atoms with Gasteiger partial charge in [0.15, 0.2) is 0 Å². The molecule has 4 heteroatoms. The van der Waals surface area contributed by atoms with Gasteiger partial charge in [-0.2, -0.15) is 0 Å². The molecule has 0 saturated heterocycles. The van der Waals surface area contributed by atoms with Crippen molar-refractivity contribution in [3.8, 4) is 0 Å². The number of carbonyl (C=O) groups is 1. The summed E-state index contributed by atoms with van der Waals surface area (Å²) in [5, 5.41) is 4.62. The number of rotatable bonds is 5. The summed E-state index contributed by atoms with van der Waals surface area (Å²) in [7, 11) is 0. The van der Waals surface area contributed by atoms with E-state index in [1.807, 2.05) is 19.1 Å². The minimum Gasteiger partial charge on any atom is -0.462 e. The summed E-state index contributed by atoms with van der Waals surface area (Å²) in [6.07, 6.45) is 7.38. The number of benzene rings is 1. The number of ether oxygens (including phenoxy) is 1. The van der Waals surface area contributed by atoms with Gasteiger partial charge in [-0.25, -0.2) is 4.79 Å². The number of fused-ring (bicyclic) bond motifs is 1. The molecule has 3 rings (SSSR count). The predicted octanol–water partition coefficient (Wildman–Crippen LogP) is 4.33. The third-order valence-electron chi connectivity index (χ3n) is 4.56. The first kappa shape index (κ1) is 15.8. The molecule has 0 atom stereocenters. The van der Waals surface area contributed by atoms with Gasteiger partial charge in [-0.15, -0.1) is 0 Å². The van der Waals surface area contributed by atoms with E-state index in [2.05, 4.69) is 23.3 Å². The summed E-state index contributed by atoms with van der Waals surface area (Å²) in [4.78, 5) is 16.9. The summed E-state index contributed by atoms with van der Waals surface area (Å²) < 4.78 is 5.22. The lowest BCUT2D eigenvalue weighted by molar-refractivity contribution is 0.0527. The van der Waals surface area contributed by atoms with E-state index in [0.29, 0.717) is 18.2 Å². The number of hydrogen-bond donors (Lipinski definition) is 1. The SMILES string of the molecule is CCOC(=O)c1cnc2c(CC)cccc2c1NC1CCCC1. The lowest BCUT2D eigenvalue weighted by Crippen LogP contribution is -2.18. The van der Waals surface area contributed by atoms with Crippen LogP contribution in [0, 0.1) is 0 Å². The number of para-hydroxylation sites is 1. The van der Waals surface area contributed by atoms with Crippen LogP contribution in [0.25, 0.3) is 10.9 Å². The van der Waals surface area contributed by atoms with Gasteiger partial charge >= 0.3 is 5.97 Å². The normalized spacial score (nSPS) is 15.0. The molecule has 23 heavy (non-hydrogen) atoms. The van der Waals surface area contributed by atoms with Crippen molar-refractivity contribution >= 4 is 22.6 Å². The molecule has 0 unspecified atom stereocenters. The van der Waals surface area contributed by atoms with Crippen molar-refractivity contribution < 1.29 is 9.53 Å². The largest absolute Gasteiger partial charge is 0.462 e. The summed E-state index contributed by atoms with van der Waals surface area (Å²) in [5.74, 6) is -0.302. The Balaban J connectivity index is 2.11. The molecule has 4 nitrogen and oxygen atoms in total. The van der Waals surface area contributed by atoms with Crippen molar-refractivity contribution in [1.29, 1.82) is 0 Å². The van der Waals surface area contributed by atoms with Crippen LogP contribution in [0.15, 0.2) is 24.4 Å². The Morgan fingerprint density at radius 2 is 2.09 bits per heavy atom. The van der Waals surface area contributed by atoms with E-state index in [-0.39, 0.29) is 5.97 Å². The molecule has 1 aromatic heterocycles. The number of nitrogens with zero attached hydrogens (tertiary/aromatic N) is 1. The van der Waals surface area contributed by atoms with Crippen LogP contribution in [-0.4, -0.2) is 23.6 Å². The number of pyridine rings is 1. The Hall–Kier alpha value is -2.10. The summed E-state index contributed by atoms with van der Waals surface area (Å²) in [6, 6.07) is 6.61. The van der Waals surface area contributed by atoms with Gasteiger partial charge in [0.05, 0.1) is 17.8 Å². The fraction of sp³-hybridized carbons (Fsp3) is 0.474. The first-order valence-corrected chi connectivity index (χ1v) is 8.58. The molecule has 1 saturated carbocycles. The number of nitrogens with one attached hydrogen (secondary N) is 1. The zero-order valence-corrected chi connectivity index (χ0v) is 13.9. The zero-order chi connectivity index (χ0) is 16.2. The van der Waals surface area contributed by atoms with Crippen molar-refractivity contribution in [1.82, 2.24) is 4.98 Å². The van der Waals surface area contributed by atoms with Gasteiger partial charge in [-0.1, -0.05) is 38.0 Å². The highest BCUT2D eigenvalue weighted by Crippen LogP contribution is 2.32. The molecule has 1 N–H and O–H groups in total. The van der Waals surface area contributed by atoms with E-state index in [1.54, 1.807) is 6.20 Å². The minimum absolute atomic E-state index is 0.302. The average molecular weight is 312 g/mol. The van der Waals surface area contributed by atoms with Crippen LogP contribution in [0.5, 0.6) is 0 Å². The molecular formula is C19H24N2O2. The smallest absolute Gasteiger partial charge is 0.341 e. The molecule has 0 bridgehead atoms. The molecule has 1 aliphatic carbocycles. The lowest BCUT2D eigenvalue weighted by Gasteiger charge is -2.19. The average Bonchev–Trinajstić information content (AvgIpc) is 3.07. The number of aromatic nitrogens is 1. The van der Waals surface area contributed by atoms with Crippen LogP contribution in [0.1, 0.15) is 55.5 Å². The number of carbonyl (C=O) groups excluding carboxylic acids is 1.